The molecule has 0 spiro atoms. The third-order valence-electron chi connectivity index (χ3n) is 2.62. The predicted octanol–water partition coefficient (Wildman–Crippen LogP) is 3.43. The molecule has 0 radical (unpaired) electrons. The van der Waals surface area contributed by atoms with Crippen LogP contribution < -0.4 is 0 Å². The number of carbonyl (C=O) groups is 1. The van der Waals surface area contributed by atoms with Crippen molar-refractivity contribution < 1.29 is 9.90 Å². The second-order valence-corrected chi connectivity index (χ2v) is 5.25. The van der Waals surface area contributed by atoms with Gasteiger partial charge in [0.2, 0.25) is 5.01 Å². The number of thiazole rings is 1. The summed E-state index contributed by atoms with van der Waals surface area (Å²) in [5.41, 5.74) is 4.11. The Kier molecular flexibility index (Phi) is 2.98. The summed E-state index contributed by atoms with van der Waals surface area (Å²) in [5.74, 6) is -0.964. The molecule has 0 bridgehead atoms. The summed E-state index contributed by atoms with van der Waals surface area (Å²) < 4.78 is 0. The molecule has 2 rings (SSSR count). The summed E-state index contributed by atoms with van der Waals surface area (Å²) in [7, 11) is 0. The molecule has 3 nitrogen and oxygen atoms in total. The van der Waals surface area contributed by atoms with Gasteiger partial charge in [0.1, 0.15) is 0 Å². The van der Waals surface area contributed by atoms with Gasteiger partial charge in [-0.3, -0.25) is 0 Å². The molecule has 88 valence electrons. The normalized spacial score (nSPS) is 10.5. The van der Waals surface area contributed by atoms with Gasteiger partial charge >= 0.3 is 5.97 Å². The Morgan fingerprint density at radius 3 is 2.53 bits per heavy atom. The van der Waals surface area contributed by atoms with Gasteiger partial charge in [0.25, 0.3) is 0 Å². The molecule has 0 aliphatic carbocycles. The summed E-state index contributed by atoms with van der Waals surface area (Å²) >= 11 is 1.22. The van der Waals surface area contributed by atoms with Crippen LogP contribution >= 0.6 is 11.3 Å². The first-order valence-corrected chi connectivity index (χ1v) is 6.09. The fourth-order valence-electron chi connectivity index (χ4n) is 1.82. The lowest BCUT2D eigenvalue weighted by Gasteiger charge is -2.04. The van der Waals surface area contributed by atoms with Crippen molar-refractivity contribution in [1.29, 1.82) is 0 Å². The van der Waals surface area contributed by atoms with Crippen molar-refractivity contribution in [2.24, 2.45) is 0 Å². The number of carboxylic acid groups (broad SMARTS) is 1. The van der Waals surface area contributed by atoms with Crippen molar-refractivity contribution in [3.05, 3.63) is 39.2 Å². The molecule has 0 saturated carbocycles. The molecule has 0 aliphatic rings. The van der Waals surface area contributed by atoms with E-state index in [0.29, 0.717) is 0 Å². The van der Waals surface area contributed by atoms with Crippen LogP contribution in [-0.2, 0) is 0 Å². The van der Waals surface area contributed by atoms with Crippen molar-refractivity contribution in [3.8, 4) is 11.3 Å². The third kappa shape index (κ3) is 2.22. The SMILES string of the molecule is Cc1ccc(-c2nc(C(=O)O)sc2C)c(C)c1. The molecule has 0 aliphatic heterocycles. The highest BCUT2D eigenvalue weighted by Gasteiger charge is 2.15. The summed E-state index contributed by atoms with van der Waals surface area (Å²) in [6.07, 6.45) is 0. The van der Waals surface area contributed by atoms with Crippen LogP contribution in [0.2, 0.25) is 0 Å². The fourth-order valence-corrected chi connectivity index (χ4v) is 2.58. The number of hydrogen-bond donors (Lipinski definition) is 1. The quantitative estimate of drug-likeness (QED) is 0.884. The maximum Gasteiger partial charge on any atom is 0.365 e. The van der Waals surface area contributed by atoms with E-state index in [4.69, 9.17) is 5.11 Å². The lowest BCUT2D eigenvalue weighted by molar-refractivity contribution is 0.0696. The van der Waals surface area contributed by atoms with Crippen LogP contribution in [0, 0.1) is 20.8 Å². The zero-order valence-electron chi connectivity index (χ0n) is 9.94. The van der Waals surface area contributed by atoms with Crippen molar-refractivity contribution >= 4 is 17.3 Å². The molecule has 0 amide bonds. The summed E-state index contributed by atoms with van der Waals surface area (Å²) in [5, 5.41) is 9.08. The summed E-state index contributed by atoms with van der Waals surface area (Å²) in [6, 6.07) is 6.09. The molecular weight excluding hydrogens is 234 g/mol. The molecule has 1 aromatic carbocycles. The van der Waals surface area contributed by atoms with Gasteiger partial charge in [0.15, 0.2) is 0 Å². The number of aromatic nitrogens is 1. The van der Waals surface area contributed by atoms with Gasteiger partial charge < -0.3 is 5.11 Å². The zero-order chi connectivity index (χ0) is 12.6. The molecule has 2 aromatic rings. The first-order chi connectivity index (χ1) is 7.99. The third-order valence-corrected chi connectivity index (χ3v) is 3.58. The Morgan fingerprint density at radius 1 is 1.29 bits per heavy atom. The Bertz CT molecular complexity index is 587. The Hall–Kier alpha value is -1.68. The molecular formula is C13H13NO2S. The van der Waals surface area contributed by atoms with E-state index in [-0.39, 0.29) is 5.01 Å². The lowest BCUT2D eigenvalue weighted by Crippen LogP contribution is -1.94. The molecule has 0 fully saturated rings. The van der Waals surface area contributed by atoms with Gasteiger partial charge in [-0.15, -0.1) is 11.3 Å². The average Bonchev–Trinajstić information content (AvgIpc) is 2.61. The van der Waals surface area contributed by atoms with E-state index in [1.807, 2.05) is 32.9 Å². The minimum absolute atomic E-state index is 0.150. The number of carboxylic acids is 1. The summed E-state index contributed by atoms with van der Waals surface area (Å²) in [6.45, 7) is 5.95. The second kappa shape index (κ2) is 4.30. The number of benzene rings is 1. The van der Waals surface area contributed by atoms with Gasteiger partial charge in [0, 0.05) is 10.4 Å². The van der Waals surface area contributed by atoms with Gasteiger partial charge in [-0.2, -0.15) is 0 Å². The zero-order valence-corrected chi connectivity index (χ0v) is 10.8. The summed E-state index contributed by atoms with van der Waals surface area (Å²) in [4.78, 5) is 16.0. The molecule has 1 aromatic heterocycles. The highest BCUT2D eigenvalue weighted by atomic mass is 32.1. The number of rotatable bonds is 2. The highest BCUT2D eigenvalue weighted by molar-refractivity contribution is 7.13. The van der Waals surface area contributed by atoms with E-state index in [2.05, 4.69) is 11.1 Å². The van der Waals surface area contributed by atoms with Crippen LogP contribution in [0.1, 0.15) is 25.8 Å². The maximum atomic E-state index is 10.9. The van der Waals surface area contributed by atoms with E-state index in [9.17, 15) is 4.79 Å². The molecule has 0 atom stereocenters. The number of aryl methyl sites for hydroxylation is 3. The number of aromatic carboxylic acids is 1. The smallest absolute Gasteiger partial charge is 0.365 e. The van der Waals surface area contributed by atoms with Crippen LogP contribution in [-0.4, -0.2) is 16.1 Å². The fraction of sp³-hybridized carbons (Fsp3) is 0.231. The van der Waals surface area contributed by atoms with Crippen molar-refractivity contribution in [3.63, 3.8) is 0 Å². The Morgan fingerprint density at radius 2 is 2.00 bits per heavy atom. The van der Waals surface area contributed by atoms with Gasteiger partial charge in [-0.05, 0) is 26.3 Å². The van der Waals surface area contributed by atoms with E-state index in [1.165, 1.54) is 16.9 Å². The van der Waals surface area contributed by atoms with E-state index >= 15 is 0 Å². The number of nitrogens with zero attached hydrogens (tertiary/aromatic N) is 1. The topological polar surface area (TPSA) is 50.2 Å². The van der Waals surface area contributed by atoms with E-state index < -0.39 is 5.97 Å². The van der Waals surface area contributed by atoms with Crippen molar-refractivity contribution in [1.82, 2.24) is 4.98 Å². The van der Waals surface area contributed by atoms with Crippen LogP contribution in [0.25, 0.3) is 11.3 Å². The maximum absolute atomic E-state index is 10.9. The first-order valence-electron chi connectivity index (χ1n) is 5.27. The van der Waals surface area contributed by atoms with Gasteiger partial charge in [0.05, 0.1) is 5.69 Å². The van der Waals surface area contributed by atoms with Crippen molar-refractivity contribution in [2.45, 2.75) is 20.8 Å². The molecule has 1 heterocycles. The van der Waals surface area contributed by atoms with E-state index in [0.717, 1.165) is 21.7 Å². The van der Waals surface area contributed by atoms with Crippen LogP contribution in [0.15, 0.2) is 18.2 Å². The van der Waals surface area contributed by atoms with Crippen LogP contribution in [0.3, 0.4) is 0 Å². The van der Waals surface area contributed by atoms with Gasteiger partial charge in [-0.1, -0.05) is 23.8 Å². The number of hydrogen-bond acceptors (Lipinski definition) is 3. The standard InChI is InChI=1S/C13H13NO2S/c1-7-4-5-10(8(2)6-7)11-9(3)17-12(14-11)13(15)16/h4-6H,1-3H3,(H,15,16). The average molecular weight is 247 g/mol. The lowest BCUT2D eigenvalue weighted by atomic mass is 10.0. The highest BCUT2D eigenvalue weighted by Crippen LogP contribution is 2.30. The van der Waals surface area contributed by atoms with Gasteiger partial charge in [-0.25, -0.2) is 9.78 Å². The minimum atomic E-state index is -0.964. The Balaban J connectivity index is 2.56. The van der Waals surface area contributed by atoms with Crippen LogP contribution in [0.5, 0.6) is 0 Å². The van der Waals surface area contributed by atoms with E-state index in [1.54, 1.807) is 0 Å². The second-order valence-electron chi connectivity index (χ2n) is 4.05. The molecule has 0 saturated heterocycles. The van der Waals surface area contributed by atoms with Crippen molar-refractivity contribution in [2.75, 3.05) is 0 Å². The first kappa shape index (κ1) is 11.8. The minimum Gasteiger partial charge on any atom is -0.476 e. The molecule has 0 unspecified atom stereocenters. The largest absolute Gasteiger partial charge is 0.476 e. The molecule has 17 heavy (non-hydrogen) atoms. The predicted molar refractivity (Wildman–Crippen MR) is 68.7 cm³/mol. The molecule has 4 heteroatoms. The monoisotopic (exact) mass is 247 g/mol. The molecule has 1 N–H and O–H groups in total. The van der Waals surface area contributed by atoms with Crippen LogP contribution in [0.4, 0.5) is 0 Å². The Labute approximate surface area is 104 Å².